The minimum absolute atomic E-state index is 0.181. The Kier molecular flexibility index (Phi) is 7.35. The normalized spacial score (nSPS) is 14.8. The monoisotopic (exact) mass is 516 g/mol. The number of halogens is 4. The van der Waals surface area contributed by atoms with Crippen LogP contribution in [0, 0.1) is 0 Å². The van der Waals surface area contributed by atoms with Crippen LogP contribution in [0.25, 0.3) is 0 Å². The van der Waals surface area contributed by atoms with Crippen molar-refractivity contribution in [2.24, 2.45) is 0 Å². The van der Waals surface area contributed by atoms with Crippen molar-refractivity contribution in [1.29, 1.82) is 0 Å². The number of benzene rings is 2. The van der Waals surface area contributed by atoms with Crippen LogP contribution >= 0.6 is 46.4 Å². The predicted octanol–water partition coefficient (Wildman–Crippen LogP) is 4.71. The first kappa shape index (κ1) is 24.3. The smallest absolute Gasteiger partial charge is 0.329 e. The number of fused-ring (bicyclic) bond motifs is 1. The van der Waals surface area contributed by atoms with Gasteiger partial charge in [-0.1, -0.05) is 76.7 Å². The molecular formula is C21H16Cl4N2O5. The molecule has 0 radical (unpaired) electrons. The first-order valence-corrected chi connectivity index (χ1v) is 10.8. The van der Waals surface area contributed by atoms with Gasteiger partial charge < -0.3 is 10.1 Å². The fraction of sp³-hybridized carbons (Fsp3) is 0.238. The van der Waals surface area contributed by atoms with Crippen LogP contribution in [0.2, 0.25) is 20.1 Å². The van der Waals surface area contributed by atoms with Crippen LogP contribution in [0.5, 0.6) is 0 Å². The summed E-state index contributed by atoms with van der Waals surface area (Å²) in [6, 6.07) is 7.54. The molecule has 0 bridgehead atoms. The Balaban J connectivity index is 1.68. The van der Waals surface area contributed by atoms with Crippen molar-refractivity contribution < 1.29 is 23.9 Å². The Bertz CT molecular complexity index is 1080. The van der Waals surface area contributed by atoms with Crippen LogP contribution in [0.15, 0.2) is 30.3 Å². The van der Waals surface area contributed by atoms with Crippen LogP contribution in [-0.4, -0.2) is 41.2 Å². The Morgan fingerprint density at radius 3 is 1.91 bits per heavy atom. The average Bonchev–Trinajstić information content (AvgIpc) is 3.04. The number of hydrogen-bond donors (Lipinski definition) is 1. The third-order valence-corrected chi connectivity index (χ3v) is 6.69. The lowest BCUT2D eigenvalue weighted by atomic mass is 10.1. The Hall–Kier alpha value is -2.32. The van der Waals surface area contributed by atoms with E-state index in [1.807, 2.05) is 30.3 Å². The van der Waals surface area contributed by atoms with Gasteiger partial charge in [-0.05, 0) is 19.4 Å². The first-order valence-electron chi connectivity index (χ1n) is 9.31. The van der Waals surface area contributed by atoms with Gasteiger partial charge in [-0.2, -0.15) is 0 Å². The average molecular weight is 518 g/mol. The van der Waals surface area contributed by atoms with Gasteiger partial charge >= 0.3 is 5.97 Å². The zero-order valence-electron chi connectivity index (χ0n) is 16.7. The summed E-state index contributed by atoms with van der Waals surface area (Å²) < 4.78 is 5.00. The minimum Gasteiger partial charge on any atom is -0.454 e. The molecule has 0 fully saturated rings. The molecule has 168 valence electrons. The lowest BCUT2D eigenvalue weighted by Crippen LogP contribution is -2.44. The molecule has 1 heterocycles. The van der Waals surface area contributed by atoms with E-state index < -0.39 is 36.3 Å². The Morgan fingerprint density at radius 1 is 0.906 bits per heavy atom. The van der Waals surface area contributed by atoms with Gasteiger partial charge in [0.25, 0.3) is 17.7 Å². The van der Waals surface area contributed by atoms with Gasteiger partial charge in [0.05, 0.1) is 37.3 Å². The molecule has 0 aromatic heterocycles. The summed E-state index contributed by atoms with van der Waals surface area (Å²) in [6.45, 7) is 2.46. The maximum atomic E-state index is 12.8. The molecule has 1 aliphatic rings. The number of nitrogens with one attached hydrogen (secondary N) is 1. The molecule has 2 atom stereocenters. The predicted molar refractivity (Wildman–Crippen MR) is 120 cm³/mol. The second-order valence-electron chi connectivity index (χ2n) is 6.97. The van der Waals surface area contributed by atoms with E-state index in [2.05, 4.69) is 5.32 Å². The molecule has 3 rings (SSSR count). The minimum atomic E-state index is -1.36. The maximum Gasteiger partial charge on any atom is 0.329 e. The number of imide groups is 1. The zero-order chi connectivity index (χ0) is 23.7. The van der Waals surface area contributed by atoms with Crippen LogP contribution in [0.3, 0.4) is 0 Å². The van der Waals surface area contributed by atoms with Gasteiger partial charge in [0, 0.05) is 0 Å². The van der Waals surface area contributed by atoms with Crippen LogP contribution in [-0.2, 0) is 14.3 Å². The molecule has 11 heteroatoms. The molecule has 0 unspecified atom stereocenters. The molecule has 0 spiro atoms. The summed E-state index contributed by atoms with van der Waals surface area (Å²) in [5.41, 5.74) is 0.382. The van der Waals surface area contributed by atoms with E-state index >= 15 is 0 Å². The summed E-state index contributed by atoms with van der Waals surface area (Å²) in [6.07, 6.45) is 0. The van der Waals surface area contributed by atoms with Crippen LogP contribution in [0.1, 0.15) is 46.2 Å². The highest BCUT2D eigenvalue weighted by atomic mass is 35.5. The van der Waals surface area contributed by atoms with E-state index in [9.17, 15) is 19.2 Å². The fourth-order valence-corrected chi connectivity index (χ4v) is 4.20. The SMILES string of the molecule is C[C@H](NC(=O)COC(=O)[C@@H](C)N1C(=O)c2c(Cl)c(Cl)c(Cl)c(Cl)c2C1=O)c1ccccc1. The summed E-state index contributed by atoms with van der Waals surface area (Å²) in [5.74, 6) is -3.26. The van der Waals surface area contributed by atoms with E-state index in [1.165, 1.54) is 6.92 Å². The lowest BCUT2D eigenvalue weighted by Gasteiger charge is -2.21. The number of amides is 3. The lowest BCUT2D eigenvalue weighted by molar-refractivity contribution is -0.152. The van der Waals surface area contributed by atoms with Crippen molar-refractivity contribution >= 4 is 70.1 Å². The number of ether oxygens (including phenoxy) is 1. The zero-order valence-corrected chi connectivity index (χ0v) is 19.8. The van der Waals surface area contributed by atoms with Gasteiger partial charge in [-0.15, -0.1) is 0 Å². The number of rotatable bonds is 6. The van der Waals surface area contributed by atoms with Crippen molar-refractivity contribution in [3.05, 3.63) is 67.1 Å². The van der Waals surface area contributed by atoms with Gasteiger partial charge in [-0.25, -0.2) is 4.79 Å². The molecule has 1 aliphatic heterocycles. The molecule has 0 saturated carbocycles. The maximum absolute atomic E-state index is 12.8. The van der Waals surface area contributed by atoms with Crippen LogP contribution < -0.4 is 5.32 Å². The Morgan fingerprint density at radius 2 is 1.41 bits per heavy atom. The molecule has 0 aliphatic carbocycles. The molecule has 0 saturated heterocycles. The van der Waals surface area contributed by atoms with Gasteiger partial charge in [-0.3, -0.25) is 19.3 Å². The fourth-order valence-electron chi connectivity index (χ4n) is 3.19. The highest BCUT2D eigenvalue weighted by Crippen LogP contribution is 2.45. The van der Waals surface area contributed by atoms with E-state index in [0.717, 1.165) is 5.56 Å². The van der Waals surface area contributed by atoms with Crippen LogP contribution in [0.4, 0.5) is 0 Å². The number of carbonyl (C=O) groups is 4. The Labute approximate surface area is 203 Å². The van der Waals surface area contributed by atoms with Crippen molar-refractivity contribution in [3.63, 3.8) is 0 Å². The third-order valence-electron chi connectivity index (χ3n) is 4.88. The molecule has 3 amide bonds. The molecule has 7 nitrogen and oxygen atoms in total. The van der Waals surface area contributed by atoms with Gasteiger partial charge in [0.1, 0.15) is 6.04 Å². The van der Waals surface area contributed by atoms with E-state index in [-0.39, 0.29) is 37.3 Å². The molecule has 2 aromatic carbocycles. The third kappa shape index (κ3) is 4.43. The first-order chi connectivity index (χ1) is 15.1. The standard InChI is InChI=1S/C21H16Cl4N2O5/c1-9(11-6-4-3-5-7-11)26-12(28)8-32-21(31)10(2)27-19(29)13-14(20(27)30)16(23)18(25)17(24)15(13)22/h3-7,9-10H,8H2,1-2H3,(H,26,28)/t9-,10+/m0/s1. The van der Waals surface area contributed by atoms with Crippen molar-refractivity contribution in [2.45, 2.75) is 25.9 Å². The molecule has 1 N–H and O–H groups in total. The second kappa shape index (κ2) is 9.67. The van der Waals surface area contributed by atoms with E-state index in [0.29, 0.717) is 4.90 Å². The number of hydrogen-bond acceptors (Lipinski definition) is 5. The topological polar surface area (TPSA) is 92.8 Å². The van der Waals surface area contributed by atoms with Crippen molar-refractivity contribution in [3.8, 4) is 0 Å². The summed E-state index contributed by atoms with van der Waals surface area (Å²) in [7, 11) is 0. The van der Waals surface area contributed by atoms with Gasteiger partial charge in [0.15, 0.2) is 6.61 Å². The quantitative estimate of drug-likeness (QED) is 0.259. The van der Waals surface area contributed by atoms with Crippen molar-refractivity contribution in [1.82, 2.24) is 10.2 Å². The summed E-state index contributed by atoms with van der Waals surface area (Å²) >= 11 is 24.1. The number of esters is 1. The van der Waals surface area contributed by atoms with Gasteiger partial charge in [0.2, 0.25) is 0 Å². The molecule has 32 heavy (non-hydrogen) atoms. The highest BCUT2D eigenvalue weighted by Gasteiger charge is 2.45. The van der Waals surface area contributed by atoms with E-state index in [4.69, 9.17) is 51.1 Å². The number of carbonyl (C=O) groups excluding carboxylic acids is 4. The number of nitrogens with zero attached hydrogens (tertiary/aromatic N) is 1. The second-order valence-corrected chi connectivity index (χ2v) is 8.48. The van der Waals surface area contributed by atoms with E-state index in [1.54, 1.807) is 6.92 Å². The summed E-state index contributed by atoms with van der Waals surface area (Å²) in [5, 5.41) is 1.84. The molecule has 2 aromatic rings. The highest BCUT2D eigenvalue weighted by molar-refractivity contribution is 6.55. The largest absolute Gasteiger partial charge is 0.454 e. The summed E-state index contributed by atoms with van der Waals surface area (Å²) in [4.78, 5) is 50.9. The van der Waals surface area contributed by atoms with Crippen molar-refractivity contribution in [2.75, 3.05) is 6.61 Å². The molecular weight excluding hydrogens is 502 g/mol.